The molecule has 4 nitrogen and oxygen atoms in total. The van der Waals surface area contributed by atoms with Gasteiger partial charge in [-0.25, -0.2) is 4.39 Å². The van der Waals surface area contributed by atoms with E-state index in [-0.39, 0.29) is 24.2 Å². The number of carbonyl (C=O) groups is 1. The van der Waals surface area contributed by atoms with Crippen molar-refractivity contribution in [2.75, 3.05) is 6.54 Å². The molecule has 0 amide bonds. The summed E-state index contributed by atoms with van der Waals surface area (Å²) in [6, 6.07) is 5.93. The minimum absolute atomic E-state index is 0.137. The summed E-state index contributed by atoms with van der Waals surface area (Å²) in [4.78, 5) is 12.6. The highest BCUT2D eigenvalue weighted by atomic mass is 19.1. The largest absolute Gasteiger partial charge is 0.480 e. The summed E-state index contributed by atoms with van der Waals surface area (Å²) in [5.41, 5.74) is 0.462. The van der Waals surface area contributed by atoms with E-state index in [2.05, 4.69) is 0 Å². The molecule has 1 N–H and O–H groups in total. The van der Waals surface area contributed by atoms with Crippen LogP contribution >= 0.6 is 0 Å². The number of halogens is 1. The molecular formula is C14H17FN2O2. The van der Waals surface area contributed by atoms with Crippen LogP contribution in [-0.4, -0.2) is 28.1 Å². The van der Waals surface area contributed by atoms with E-state index in [4.69, 9.17) is 10.4 Å². The van der Waals surface area contributed by atoms with Gasteiger partial charge < -0.3 is 5.11 Å². The third kappa shape index (κ3) is 4.68. The fraction of sp³-hybridized carbons (Fsp3) is 0.429. The molecule has 1 aromatic rings. The second-order valence-corrected chi connectivity index (χ2v) is 5.38. The average Bonchev–Trinajstić information content (AvgIpc) is 2.25. The van der Waals surface area contributed by atoms with Gasteiger partial charge in [0.1, 0.15) is 5.82 Å². The average molecular weight is 264 g/mol. The summed E-state index contributed by atoms with van der Waals surface area (Å²) in [6.07, 6.45) is 0. The molecule has 0 atom stereocenters. The highest BCUT2D eigenvalue weighted by molar-refractivity contribution is 5.69. The Kier molecular flexibility index (Phi) is 4.62. The molecule has 0 bridgehead atoms. The van der Waals surface area contributed by atoms with E-state index >= 15 is 0 Å². The lowest BCUT2D eigenvalue weighted by Crippen LogP contribution is -2.43. The van der Waals surface area contributed by atoms with Crippen molar-refractivity contribution in [3.8, 4) is 6.07 Å². The zero-order valence-electron chi connectivity index (χ0n) is 11.3. The smallest absolute Gasteiger partial charge is 0.317 e. The molecule has 1 rings (SSSR count). The van der Waals surface area contributed by atoms with Crippen molar-refractivity contribution in [2.45, 2.75) is 32.9 Å². The lowest BCUT2D eigenvalue weighted by atomic mass is 10.0. The van der Waals surface area contributed by atoms with E-state index in [9.17, 15) is 9.18 Å². The highest BCUT2D eigenvalue weighted by Gasteiger charge is 2.23. The molecule has 1 aromatic carbocycles. The molecule has 102 valence electrons. The number of carboxylic acids is 1. The van der Waals surface area contributed by atoms with Gasteiger partial charge in [-0.05, 0) is 44.5 Å². The summed E-state index contributed by atoms with van der Waals surface area (Å²) in [7, 11) is 0. The van der Waals surface area contributed by atoms with Crippen LogP contribution in [0.2, 0.25) is 0 Å². The molecule has 0 radical (unpaired) electrons. The zero-order chi connectivity index (χ0) is 14.6. The van der Waals surface area contributed by atoms with Gasteiger partial charge in [0, 0.05) is 12.1 Å². The number of rotatable bonds is 4. The maximum Gasteiger partial charge on any atom is 0.317 e. The summed E-state index contributed by atoms with van der Waals surface area (Å²) in [6.45, 7) is 5.81. The molecule has 0 aliphatic carbocycles. The topological polar surface area (TPSA) is 64.3 Å². The van der Waals surface area contributed by atoms with Gasteiger partial charge in [-0.3, -0.25) is 9.69 Å². The molecule has 0 spiro atoms. The highest BCUT2D eigenvalue weighted by Crippen LogP contribution is 2.18. The monoisotopic (exact) mass is 264 g/mol. The normalized spacial score (nSPS) is 11.4. The van der Waals surface area contributed by atoms with E-state index in [0.29, 0.717) is 5.56 Å². The summed E-state index contributed by atoms with van der Waals surface area (Å²) in [5, 5.41) is 17.7. The summed E-state index contributed by atoms with van der Waals surface area (Å²) in [5.74, 6) is -1.43. The Morgan fingerprint density at radius 2 is 2.05 bits per heavy atom. The fourth-order valence-corrected chi connectivity index (χ4v) is 1.72. The standard InChI is InChI=1S/C14H17FN2O2/c1-14(2,3)17(9-13(18)19)8-11-4-10(7-16)5-12(15)6-11/h4-6H,8-9H2,1-3H3,(H,18,19). The number of carboxylic acid groups (broad SMARTS) is 1. The van der Waals surface area contributed by atoms with Gasteiger partial charge in [0.15, 0.2) is 0 Å². The molecule has 0 heterocycles. The maximum absolute atomic E-state index is 13.3. The van der Waals surface area contributed by atoms with Crippen molar-refractivity contribution < 1.29 is 14.3 Å². The van der Waals surface area contributed by atoms with E-state index in [0.717, 1.165) is 6.07 Å². The van der Waals surface area contributed by atoms with Crippen LogP contribution in [0.1, 0.15) is 31.9 Å². The Hall–Kier alpha value is -1.93. The lowest BCUT2D eigenvalue weighted by molar-refractivity contribution is -0.139. The van der Waals surface area contributed by atoms with Gasteiger partial charge in [0.05, 0.1) is 18.2 Å². The Morgan fingerprint density at radius 1 is 1.42 bits per heavy atom. The van der Waals surface area contributed by atoms with E-state index in [1.165, 1.54) is 6.07 Å². The SMILES string of the molecule is CC(C)(C)N(CC(=O)O)Cc1cc(F)cc(C#N)c1. The van der Waals surface area contributed by atoms with Crippen molar-refractivity contribution in [3.63, 3.8) is 0 Å². The van der Waals surface area contributed by atoms with Crippen LogP contribution in [0.25, 0.3) is 0 Å². The van der Waals surface area contributed by atoms with Gasteiger partial charge in [-0.1, -0.05) is 0 Å². The minimum atomic E-state index is -0.938. The first-order chi connectivity index (χ1) is 8.72. The molecule has 19 heavy (non-hydrogen) atoms. The number of aliphatic carboxylic acids is 1. The van der Waals surface area contributed by atoms with Gasteiger partial charge in [-0.15, -0.1) is 0 Å². The number of benzene rings is 1. The molecule has 0 fully saturated rings. The first kappa shape index (κ1) is 15.1. The number of nitriles is 1. The van der Waals surface area contributed by atoms with E-state index in [1.54, 1.807) is 11.0 Å². The van der Waals surface area contributed by atoms with Crippen molar-refractivity contribution in [1.29, 1.82) is 5.26 Å². The van der Waals surface area contributed by atoms with Gasteiger partial charge >= 0.3 is 5.97 Å². The molecule has 0 aliphatic heterocycles. The van der Waals surface area contributed by atoms with Crippen LogP contribution in [0.4, 0.5) is 4.39 Å². The van der Waals surface area contributed by atoms with Crippen molar-refractivity contribution >= 4 is 5.97 Å². The Balaban J connectivity index is 3.00. The number of hydrogen-bond acceptors (Lipinski definition) is 3. The second-order valence-electron chi connectivity index (χ2n) is 5.38. The molecular weight excluding hydrogens is 247 g/mol. The molecule has 5 heteroatoms. The molecule has 0 aromatic heterocycles. The molecule has 0 unspecified atom stereocenters. The molecule has 0 saturated carbocycles. The molecule has 0 saturated heterocycles. The number of hydrogen-bond donors (Lipinski definition) is 1. The Morgan fingerprint density at radius 3 is 2.53 bits per heavy atom. The lowest BCUT2D eigenvalue weighted by Gasteiger charge is -2.34. The predicted octanol–water partition coefficient (Wildman–Crippen LogP) is 2.38. The van der Waals surface area contributed by atoms with Crippen LogP contribution in [0.5, 0.6) is 0 Å². The quantitative estimate of drug-likeness (QED) is 0.906. The van der Waals surface area contributed by atoms with Gasteiger partial charge in [-0.2, -0.15) is 5.26 Å². The third-order valence-electron chi connectivity index (χ3n) is 2.73. The van der Waals surface area contributed by atoms with Crippen LogP contribution in [0.15, 0.2) is 18.2 Å². The first-order valence-electron chi connectivity index (χ1n) is 5.89. The van der Waals surface area contributed by atoms with Gasteiger partial charge in [0.2, 0.25) is 0 Å². The Labute approximate surface area is 112 Å². The second kappa shape index (κ2) is 5.81. The van der Waals surface area contributed by atoms with Crippen LogP contribution < -0.4 is 0 Å². The van der Waals surface area contributed by atoms with Crippen LogP contribution in [0, 0.1) is 17.1 Å². The summed E-state index contributed by atoms with van der Waals surface area (Å²) < 4.78 is 13.3. The number of nitrogens with zero attached hydrogens (tertiary/aromatic N) is 2. The van der Waals surface area contributed by atoms with E-state index < -0.39 is 11.8 Å². The zero-order valence-corrected chi connectivity index (χ0v) is 11.3. The Bertz CT molecular complexity index is 515. The third-order valence-corrected chi connectivity index (χ3v) is 2.73. The maximum atomic E-state index is 13.3. The van der Waals surface area contributed by atoms with Crippen molar-refractivity contribution in [3.05, 3.63) is 35.1 Å². The van der Waals surface area contributed by atoms with Crippen molar-refractivity contribution in [1.82, 2.24) is 4.90 Å². The van der Waals surface area contributed by atoms with E-state index in [1.807, 2.05) is 26.8 Å². The molecule has 0 aliphatic rings. The minimum Gasteiger partial charge on any atom is -0.480 e. The predicted molar refractivity (Wildman–Crippen MR) is 68.9 cm³/mol. The first-order valence-corrected chi connectivity index (χ1v) is 5.89. The van der Waals surface area contributed by atoms with Crippen LogP contribution in [0.3, 0.4) is 0 Å². The van der Waals surface area contributed by atoms with Gasteiger partial charge in [0.25, 0.3) is 0 Å². The van der Waals surface area contributed by atoms with Crippen molar-refractivity contribution in [2.24, 2.45) is 0 Å². The fourth-order valence-electron chi connectivity index (χ4n) is 1.72. The van der Waals surface area contributed by atoms with Crippen LogP contribution in [-0.2, 0) is 11.3 Å². The summed E-state index contributed by atoms with van der Waals surface area (Å²) >= 11 is 0.